The Hall–Kier alpha value is -0.340. The third-order valence-corrected chi connectivity index (χ3v) is 7.38. The van der Waals surface area contributed by atoms with Gasteiger partial charge in [0, 0.05) is 11.2 Å². The van der Waals surface area contributed by atoms with Gasteiger partial charge in [0.15, 0.2) is 5.75 Å². The van der Waals surface area contributed by atoms with Gasteiger partial charge in [0.25, 0.3) is 0 Å². The molecule has 0 unspecified atom stereocenters. The van der Waals surface area contributed by atoms with Crippen molar-refractivity contribution in [3.63, 3.8) is 0 Å². The Bertz CT molecular complexity index is 792. The number of halogens is 3. The van der Waals surface area contributed by atoms with E-state index >= 15 is 0 Å². The molecule has 0 fully saturated rings. The monoisotopic (exact) mass is 596 g/mol. The number of benzene rings is 2. The van der Waals surface area contributed by atoms with Crippen LogP contribution < -0.4 is 9.47 Å². The third kappa shape index (κ3) is 8.18. The zero-order chi connectivity index (χ0) is 22.9. The smallest absolute Gasteiger partial charge is 0.156 e. The predicted octanol–water partition coefficient (Wildman–Crippen LogP) is 7.41. The van der Waals surface area contributed by atoms with Crippen molar-refractivity contribution < 1.29 is 14.6 Å². The van der Waals surface area contributed by atoms with E-state index in [9.17, 15) is 5.11 Å². The summed E-state index contributed by atoms with van der Waals surface area (Å²) in [7, 11) is 0. The largest absolute Gasteiger partial charge is 0.491 e. The Morgan fingerprint density at radius 3 is 2.26 bits per heavy atom. The Balaban J connectivity index is 2.08. The summed E-state index contributed by atoms with van der Waals surface area (Å²) >= 11 is 17.1. The van der Waals surface area contributed by atoms with E-state index in [-0.39, 0.29) is 5.41 Å². The molecule has 0 aliphatic carbocycles. The van der Waals surface area contributed by atoms with Gasteiger partial charge in [-0.15, -0.1) is 0 Å². The molecule has 31 heavy (non-hydrogen) atoms. The molecule has 0 aliphatic rings. The highest BCUT2D eigenvalue weighted by molar-refractivity contribution is 14.1. The summed E-state index contributed by atoms with van der Waals surface area (Å²) in [6.45, 7) is 7.25. The maximum atomic E-state index is 9.95. The minimum Gasteiger partial charge on any atom is -0.491 e. The number of hydrogen-bond acceptors (Lipinski definition) is 4. The molecule has 2 rings (SSSR count). The van der Waals surface area contributed by atoms with Gasteiger partial charge in [-0.2, -0.15) is 11.8 Å². The summed E-state index contributed by atoms with van der Waals surface area (Å²) in [5.41, 5.74) is 1.83. The van der Waals surface area contributed by atoms with E-state index in [1.165, 1.54) is 0 Å². The molecule has 0 radical (unpaired) electrons. The van der Waals surface area contributed by atoms with Crippen LogP contribution in [0.3, 0.4) is 0 Å². The maximum Gasteiger partial charge on any atom is 0.156 e. The van der Waals surface area contributed by atoms with Crippen LogP contribution in [0.5, 0.6) is 11.5 Å². The second-order valence-corrected chi connectivity index (χ2v) is 11.0. The number of aliphatic hydroxyl groups is 1. The highest BCUT2D eigenvalue weighted by atomic mass is 127. The molecule has 1 N–H and O–H groups in total. The van der Waals surface area contributed by atoms with Gasteiger partial charge in [0.2, 0.25) is 0 Å². The predicted molar refractivity (Wildman–Crippen MR) is 143 cm³/mol. The van der Waals surface area contributed by atoms with Gasteiger partial charge in [-0.25, -0.2) is 0 Å². The van der Waals surface area contributed by atoms with Crippen LogP contribution in [0.15, 0.2) is 36.4 Å². The first kappa shape index (κ1) is 26.9. The molecule has 2 aromatic carbocycles. The molecule has 0 saturated carbocycles. The molecule has 172 valence electrons. The average Bonchev–Trinajstić information content (AvgIpc) is 2.75. The van der Waals surface area contributed by atoms with Crippen LogP contribution in [0, 0.1) is 0 Å². The second kappa shape index (κ2) is 13.4. The topological polar surface area (TPSA) is 38.7 Å². The van der Waals surface area contributed by atoms with E-state index in [0.29, 0.717) is 34.8 Å². The van der Waals surface area contributed by atoms with Gasteiger partial charge < -0.3 is 14.6 Å². The fourth-order valence-electron chi connectivity index (χ4n) is 3.06. The van der Waals surface area contributed by atoms with Crippen molar-refractivity contribution >= 4 is 57.6 Å². The molecule has 1 atom stereocenters. The van der Waals surface area contributed by atoms with Crippen molar-refractivity contribution in [3.8, 4) is 11.5 Å². The fourth-order valence-corrected chi connectivity index (χ4v) is 4.80. The number of unbranched alkanes of at least 4 members (excludes halogenated alkanes) is 1. The van der Waals surface area contributed by atoms with Crippen molar-refractivity contribution in [1.82, 2.24) is 0 Å². The number of ether oxygens (including phenoxy) is 2. The zero-order valence-corrected chi connectivity index (χ0v) is 22.8. The highest BCUT2D eigenvalue weighted by Crippen LogP contribution is 2.40. The first-order valence-electron chi connectivity index (χ1n) is 10.5. The van der Waals surface area contributed by atoms with E-state index in [1.807, 2.05) is 36.4 Å². The number of alkyl halides is 1. The summed E-state index contributed by atoms with van der Waals surface area (Å²) in [6.07, 6.45) is 1.62. The standard InChI is InChI=1S/C24H31Cl2IO3S/c1-4-31-16-19(28)15-30-20-9-7-17(8-10-20)24(2,3)18-13-21(25)23(22(26)14-18)29-12-6-5-11-27/h7-10,13-14,19,28H,4-6,11-12,15-16H2,1-3H3/t19-/m0/s1. The van der Waals surface area contributed by atoms with Crippen LogP contribution in [0.4, 0.5) is 0 Å². The maximum absolute atomic E-state index is 9.95. The number of rotatable bonds is 13. The molecule has 0 amide bonds. The lowest BCUT2D eigenvalue weighted by molar-refractivity contribution is 0.126. The van der Waals surface area contributed by atoms with Crippen LogP contribution in [-0.4, -0.2) is 40.4 Å². The summed E-state index contributed by atoms with van der Waals surface area (Å²) in [5.74, 6) is 2.97. The molecule has 0 saturated heterocycles. The van der Waals surface area contributed by atoms with Crippen LogP contribution in [-0.2, 0) is 5.41 Å². The zero-order valence-electron chi connectivity index (χ0n) is 18.3. The molecule has 0 aromatic heterocycles. The van der Waals surface area contributed by atoms with Gasteiger partial charge in [-0.3, -0.25) is 0 Å². The van der Waals surface area contributed by atoms with E-state index < -0.39 is 6.10 Å². The molecule has 3 nitrogen and oxygen atoms in total. The first-order chi connectivity index (χ1) is 14.8. The molecule has 0 aliphatic heterocycles. The summed E-state index contributed by atoms with van der Waals surface area (Å²) < 4.78 is 12.7. The summed E-state index contributed by atoms with van der Waals surface area (Å²) in [5, 5.41) is 11.0. The fraction of sp³-hybridized carbons (Fsp3) is 0.500. The molecule has 0 bridgehead atoms. The minimum atomic E-state index is -0.465. The van der Waals surface area contributed by atoms with E-state index in [1.54, 1.807) is 11.8 Å². The van der Waals surface area contributed by atoms with Gasteiger partial charge in [-0.1, -0.05) is 78.7 Å². The Kier molecular flexibility index (Phi) is 11.6. The lowest BCUT2D eigenvalue weighted by Crippen LogP contribution is -2.21. The van der Waals surface area contributed by atoms with Gasteiger partial charge >= 0.3 is 0 Å². The SMILES string of the molecule is CCSC[C@@H](O)COc1ccc(C(C)(C)c2cc(Cl)c(OCCCCI)c(Cl)c2)cc1. The van der Waals surface area contributed by atoms with Crippen molar-refractivity contribution in [2.24, 2.45) is 0 Å². The van der Waals surface area contributed by atoms with Crippen LogP contribution >= 0.6 is 57.6 Å². The van der Waals surface area contributed by atoms with Crippen LogP contribution in [0.1, 0.15) is 44.7 Å². The Morgan fingerprint density at radius 2 is 1.68 bits per heavy atom. The molecule has 0 spiro atoms. The second-order valence-electron chi connectivity index (χ2n) is 7.79. The van der Waals surface area contributed by atoms with E-state index in [0.717, 1.165) is 39.9 Å². The normalized spacial score (nSPS) is 12.6. The molecule has 2 aromatic rings. The third-order valence-electron chi connectivity index (χ3n) is 5.03. The number of thioether (sulfide) groups is 1. The molecule has 7 heteroatoms. The minimum absolute atomic E-state index is 0.292. The van der Waals surface area contributed by atoms with Crippen LogP contribution in [0.25, 0.3) is 0 Å². The van der Waals surface area contributed by atoms with Gasteiger partial charge in [0.1, 0.15) is 12.4 Å². The Morgan fingerprint density at radius 1 is 1.03 bits per heavy atom. The van der Waals surface area contributed by atoms with Crippen molar-refractivity contribution in [3.05, 3.63) is 57.6 Å². The van der Waals surface area contributed by atoms with Crippen molar-refractivity contribution in [2.45, 2.75) is 45.1 Å². The summed E-state index contributed by atoms with van der Waals surface area (Å²) in [4.78, 5) is 0. The first-order valence-corrected chi connectivity index (χ1v) is 13.9. The van der Waals surface area contributed by atoms with Gasteiger partial charge in [-0.05, 0) is 58.4 Å². The van der Waals surface area contributed by atoms with E-state index in [4.69, 9.17) is 32.7 Å². The molecular weight excluding hydrogens is 566 g/mol. The molecule has 0 heterocycles. The molecular formula is C24H31Cl2IO3S. The summed E-state index contributed by atoms with van der Waals surface area (Å²) in [6, 6.07) is 11.8. The van der Waals surface area contributed by atoms with Crippen molar-refractivity contribution in [1.29, 1.82) is 0 Å². The number of aliphatic hydroxyl groups excluding tert-OH is 1. The average molecular weight is 597 g/mol. The van der Waals surface area contributed by atoms with Crippen LogP contribution in [0.2, 0.25) is 10.0 Å². The lowest BCUT2D eigenvalue weighted by atomic mass is 9.78. The van der Waals surface area contributed by atoms with Gasteiger partial charge in [0.05, 0.1) is 22.8 Å². The van der Waals surface area contributed by atoms with Crippen molar-refractivity contribution in [2.75, 3.05) is 29.1 Å². The Labute approximate surface area is 214 Å². The number of hydrogen-bond donors (Lipinski definition) is 1. The highest BCUT2D eigenvalue weighted by Gasteiger charge is 2.25. The lowest BCUT2D eigenvalue weighted by Gasteiger charge is -2.27. The quantitative estimate of drug-likeness (QED) is 0.148. The van der Waals surface area contributed by atoms with E-state index in [2.05, 4.69) is 43.4 Å².